The molecule has 0 aliphatic rings. The molecule has 1 atom stereocenters. The van der Waals surface area contributed by atoms with Crippen molar-refractivity contribution in [3.8, 4) is 11.9 Å². The summed E-state index contributed by atoms with van der Waals surface area (Å²) in [6, 6.07) is 3.13. The SMILES string of the molecule is C/C=C/C(C)(O)OCCn1c(O)c(C#N)c(C)cc1=O. The summed E-state index contributed by atoms with van der Waals surface area (Å²) in [7, 11) is 0. The van der Waals surface area contributed by atoms with Crippen LogP contribution in [0.15, 0.2) is 23.0 Å². The largest absolute Gasteiger partial charge is 0.493 e. The Labute approximate surface area is 117 Å². The number of aliphatic hydroxyl groups is 1. The normalized spacial score (nSPS) is 14.2. The average Bonchev–Trinajstić information content (AvgIpc) is 2.33. The monoisotopic (exact) mass is 278 g/mol. The van der Waals surface area contributed by atoms with Crippen molar-refractivity contribution in [2.75, 3.05) is 6.61 Å². The van der Waals surface area contributed by atoms with Gasteiger partial charge in [0.05, 0.1) is 13.2 Å². The molecule has 1 unspecified atom stereocenters. The van der Waals surface area contributed by atoms with E-state index >= 15 is 0 Å². The molecule has 108 valence electrons. The number of aryl methyl sites for hydroxylation is 1. The second kappa shape index (κ2) is 6.37. The van der Waals surface area contributed by atoms with Crippen LogP contribution >= 0.6 is 0 Å². The van der Waals surface area contributed by atoms with E-state index < -0.39 is 11.3 Å². The molecule has 0 saturated heterocycles. The lowest BCUT2D eigenvalue weighted by Gasteiger charge is -2.20. The van der Waals surface area contributed by atoms with Crippen LogP contribution in [0.2, 0.25) is 0 Å². The van der Waals surface area contributed by atoms with Crippen molar-refractivity contribution in [1.82, 2.24) is 4.57 Å². The van der Waals surface area contributed by atoms with Crippen LogP contribution < -0.4 is 5.56 Å². The highest BCUT2D eigenvalue weighted by atomic mass is 16.6. The first-order valence-corrected chi connectivity index (χ1v) is 6.16. The van der Waals surface area contributed by atoms with Crippen LogP contribution in [0, 0.1) is 18.3 Å². The van der Waals surface area contributed by atoms with E-state index in [2.05, 4.69) is 0 Å². The Kier molecular flexibility index (Phi) is 5.08. The molecule has 1 aromatic rings. The van der Waals surface area contributed by atoms with Crippen molar-refractivity contribution in [3.63, 3.8) is 0 Å². The molecule has 0 aliphatic heterocycles. The lowest BCUT2D eigenvalue weighted by molar-refractivity contribution is -0.154. The van der Waals surface area contributed by atoms with Crippen molar-refractivity contribution < 1.29 is 14.9 Å². The van der Waals surface area contributed by atoms with Gasteiger partial charge in [-0.1, -0.05) is 6.08 Å². The third-order valence-corrected chi connectivity index (χ3v) is 2.78. The van der Waals surface area contributed by atoms with Crippen LogP contribution in [-0.2, 0) is 11.3 Å². The summed E-state index contributed by atoms with van der Waals surface area (Å²) in [5, 5.41) is 28.6. The number of aromatic nitrogens is 1. The number of hydrogen-bond donors (Lipinski definition) is 2. The summed E-state index contributed by atoms with van der Waals surface area (Å²) in [6.45, 7) is 4.84. The predicted octanol–water partition coefficient (Wildman–Crippen LogP) is 1.04. The van der Waals surface area contributed by atoms with Gasteiger partial charge in [-0.2, -0.15) is 5.26 Å². The number of allylic oxidation sites excluding steroid dienone is 1. The molecular formula is C14H18N2O4. The van der Waals surface area contributed by atoms with E-state index in [1.54, 1.807) is 19.9 Å². The van der Waals surface area contributed by atoms with Crippen LogP contribution in [0.3, 0.4) is 0 Å². The quantitative estimate of drug-likeness (QED) is 0.619. The third kappa shape index (κ3) is 3.70. The Morgan fingerprint density at radius 2 is 2.25 bits per heavy atom. The maximum atomic E-state index is 11.8. The lowest BCUT2D eigenvalue weighted by atomic mass is 10.1. The Morgan fingerprint density at radius 1 is 1.60 bits per heavy atom. The van der Waals surface area contributed by atoms with Crippen LogP contribution in [0.1, 0.15) is 25.0 Å². The Bertz CT molecular complexity index is 609. The molecule has 1 heterocycles. The zero-order valence-corrected chi connectivity index (χ0v) is 11.8. The fraction of sp³-hybridized carbons (Fsp3) is 0.429. The standard InChI is InChI=1S/C14H18N2O4/c1-4-5-14(3,19)20-7-6-16-12(17)8-10(2)11(9-15)13(16)18/h4-5,8,18-19H,6-7H2,1-3H3/b5-4+. The van der Waals surface area contributed by atoms with Gasteiger partial charge >= 0.3 is 0 Å². The maximum absolute atomic E-state index is 11.8. The van der Waals surface area contributed by atoms with Gasteiger partial charge < -0.3 is 14.9 Å². The average molecular weight is 278 g/mol. The fourth-order valence-corrected chi connectivity index (χ4v) is 1.81. The first-order chi connectivity index (χ1) is 9.32. The van der Waals surface area contributed by atoms with E-state index in [-0.39, 0.29) is 24.6 Å². The van der Waals surface area contributed by atoms with Gasteiger partial charge in [-0.25, -0.2) is 0 Å². The minimum atomic E-state index is -1.43. The van der Waals surface area contributed by atoms with Crippen LogP contribution in [0.4, 0.5) is 0 Å². The highest BCUT2D eigenvalue weighted by Gasteiger charge is 2.17. The van der Waals surface area contributed by atoms with Crippen molar-refractivity contribution >= 4 is 0 Å². The first kappa shape index (κ1) is 16.0. The van der Waals surface area contributed by atoms with Gasteiger partial charge in [-0.05, 0) is 32.4 Å². The Hall–Kier alpha value is -2.10. The number of hydrogen-bond acceptors (Lipinski definition) is 5. The number of rotatable bonds is 5. The van der Waals surface area contributed by atoms with Crippen molar-refractivity contribution in [3.05, 3.63) is 39.7 Å². The molecule has 0 radical (unpaired) electrons. The minimum Gasteiger partial charge on any atom is -0.493 e. The number of aromatic hydroxyl groups is 1. The second-order valence-electron chi connectivity index (χ2n) is 4.53. The molecule has 0 amide bonds. The van der Waals surface area contributed by atoms with Crippen molar-refractivity contribution in [1.29, 1.82) is 5.26 Å². The topological polar surface area (TPSA) is 95.5 Å². The number of nitriles is 1. The summed E-state index contributed by atoms with van der Waals surface area (Å²) in [5.74, 6) is -1.82. The van der Waals surface area contributed by atoms with Crippen LogP contribution in [0.25, 0.3) is 0 Å². The van der Waals surface area contributed by atoms with Gasteiger partial charge in [-0.15, -0.1) is 0 Å². The highest BCUT2D eigenvalue weighted by molar-refractivity contribution is 5.43. The molecule has 1 aromatic heterocycles. The molecule has 0 saturated carbocycles. The zero-order valence-electron chi connectivity index (χ0n) is 11.8. The minimum absolute atomic E-state index is 0.0126. The van der Waals surface area contributed by atoms with Crippen LogP contribution in [-0.4, -0.2) is 27.2 Å². The summed E-state index contributed by atoms with van der Waals surface area (Å²) in [5.41, 5.74) is 0.0613. The lowest BCUT2D eigenvalue weighted by Crippen LogP contribution is -2.29. The molecule has 2 N–H and O–H groups in total. The Morgan fingerprint density at radius 3 is 2.80 bits per heavy atom. The van der Waals surface area contributed by atoms with E-state index in [0.717, 1.165) is 4.57 Å². The number of ether oxygens (including phenoxy) is 1. The van der Waals surface area contributed by atoms with Gasteiger partial charge in [-0.3, -0.25) is 9.36 Å². The summed E-state index contributed by atoms with van der Waals surface area (Å²) in [6.07, 6.45) is 3.11. The van der Waals surface area contributed by atoms with Gasteiger partial charge in [0, 0.05) is 6.07 Å². The van der Waals surface area contributed by atoms with Gasteiger partial charge in [0.15, 0.2) is 5.79 Å². The van der Waals surface area contributed by atoms with E-state index in [1.807, 2.05) is 6.07 Å². The molecule has 0 bridgehead atoms. The molecule has 6 nitrogen and oxygen atoms in total. The van der Waals surface area contributed by atoms with E-state index in [0.29, 0.717) is 5.56 Å². The summed E-state index contributed by atoms with van der Waals surface area (Å²) >= 11 is 0. The summed E-state index contributed by atoms with van der Waals surface area (Å²) < 4.78 is 6.24. The summed E-state index contributed by atoms with van der Waals surface area (Å²) in [4.78, 5) is 11.8. The van der Waals surface area contributed by atoms with E-state index in [4.69, 9.17) is 10.00 Å². The second-order valence-corrected chi connectivity index (χ2v) is 4.53. The van der Waals surface area contributed by atoms with Crippen molar-refractivity contribution in [2.24, 2.45) is 0 Å². The molecule has 0 spiro atoms. The molecular weight excluding hydrogens is 260 g/mol. The molecule has 20 heavy (non-hydrogen) atoms. The van der Waals surface area contributed by atoms with Gasteiger partial charge in [0.1, 0.15) is 11.6 Å². The Balaban J connectivity index is 2.90. The van der Waals surface area contributed by atoms with Crippen LogP contribution in [0.5, 0.6) is 5.88 Å². The van der Waals surface area contributed by atoms with Gasteiger partial charge in [0.2, 0.25) is 5.88 Å². The number of pyridine rings is 1. The van der Waals surface area contributed by atoms with Crippen molar-refractivity contribution in [2.45, 2.75) is 33.1 Å². The highest BCUT2D eigenvalue weighted by Crippen LogP contribution is 2.17. The molecule has 0 fully saturated rings. The van der Waals surface area contributed by atoms with E-state index in [9.17, 15) is 15.0 Å². The van der Waals surface area contributed by atoms with E-state index in [1.165, 1.54) is 19.1 Å². The predicted molar refractivity (Wildman–Crippen MR) is 73.2 cm³/mol. The molecule has 6 heteroatoms. The first-order valence-electron chi connectivity index (χ1n) is 6.16. The zero-order chi connectivity index (χ0) is 15.3. The third-order valence-electron chi connectivity index (χ3n) is 2.78. The molecule has 0 aromatic carbocycles. The fourth-order valence-electron chi connectivity index (χ4n) is 1.81. The smallest absolute Gasteiger partial charge is 0.253 e. The number of nitrogens with zero attached hydrogens (tertiary/aromatic N) is 2. The molecule has 1 rings (SSSR count). The van der Waals surface area contributed by atoms with Gasteiger partial charge in [0.25, 0.3) is 5.56 Å². The maximum Gasteiger partial charge on any atom is 0.253 e. The molecule has 0 aliphatic carbocycles.